The van der Waals surface area contributed by atoms with Crippen molar-refractivity contribution in [1.29, 1.82) is 0 Å². The number of aryl methyl sites for hydroxylation is 1. The van der Waals surface area contributed by atoms with E-state index in [1.807, 2.05) is 0 Å². The molecule has 2 nitrogen and oxygen atoms in total. The zero-order chi connectivity index (χ0) is 11.6. The molecule has 1 N–H and O–H groups in total. The Balaban J connectivity index is 2.03. The van der Waals surface area contributed by atoms with Crippen LogP contribution < -0.4 is 0 Å². The van der Waals surface area contributed by atoms with E-state index in [1.165, 1.54) is 11.1 Å². The molecule has 16 heavy (non-hydrogen) atoms. The summed E-state index contributed by atoms with van der Waals surface area (Å²) in [6.07, 6.45) is 2.57. The van der Waals surface area contributed by atoms with Crippen LogP contribution in [0.5, 0.6) is 0 Å². The third-order valence-electron chi connectivity index (χ3n) is 3.53. The summed E-state index contributed by atoms with van der Waals surface area (Å²) in [5, 5.41) is 10.5. The third kappa shape index (κ3) is 2.83. The summed E-state index contributed by atoms with van der Waals surface area (Å²) in [4.78, 5) is 2.28. The lowest BCUT2D eigenvalue weighted by molar-refractivity contribution is -0.0150. The highest BCUT2D eigenvalue weighted by atomic mass is 16.3. The normalized spacial score (nSPS) is 20.9. The molecule has 0 bridgehead atoms. The second-order valence-corrected chi connectivity index (χ2v) is 5.19. The number of piperidine rings is 1. The number of hydrogen-bond acceptors (Lipinski definition) is 2. The molecule has 1 saturated heterocycles. The van der Waals surface area contributed by atoms with Gasteiger partial charge in [-0.25, -0.2) is 0 Å². The minimum Gasteiger partial charge on any atom is -0.389 e. The molecule has 0 radical (unpaired) electrons. The third-order valence-corrected chi connectivity index (χ3v) is 3.53. The molecule has 0 amide bonds. The van der Waals surface area contributed by atoms with Crippen LogP contribution >= 0.6 is 0 Å². The Hall–Kier alpha value is -0.860. The number of benzene rings is 1. The first-order chi connectivity index (χ1) is 7.57. The highest BCUT2D eigenvalue weighted by molar-refractivity contribution is 5.23. The first-order valence-corrected chi connectivity index (χ1v) is 6.04. The molecule has 0 aliphatic carbocycles. The van der Waals surface area contributed by atoms with Gasteiger partial charge in [-0.1, -0.05) is 29.8 Å². The standard InChI is InChI=1S/C14H21NO/c1-12-4-3-5-13(10-12)11-14(16)6-8-15(2)9-7-14/h3-5,10,16H,6-9,11H2,1-2H3. The van der Waals surface area contributed by atoms with E-state index in [4.69, 9.17) is 0 Å². The van der Waals surface area contributed by atoms with Gasteiger partial charge < -0.3 is 10.0 Å². The van der Waals surface area contributed by atoms with Crippen LogP contribution in [-0.2, 0) is 6.42 Å². The van der Waals surface area contributed by atoms with Crippen molar-refractivity contribution in [2.75, 3.05) is 20.1 Å². The minimum atomic E-state index is -0.486. The van der Waals surface area contributed by atoms with Gasteiger partial charge in [0.1, 0.15) is 0 Å². The van der Waals surface area contributed by atoms with Gasteiger partial charge in [0, 0.05) is 19.5 Å². The molecule has 1 aromatic carbocycles. The fourth-order valence-electron chi connectivity index (χ4n) is 2.41. The molecule has 0 unspecified atom stereocenters. The van der Waals surface area contributed by atoms with Gasteiger partial charge >= 0.3 is 0 Å². The Kier molecular flexibility index (Phi) is 3.31. The highest BCUT2D eigenvalue weighted by Crippen LogP contribution is 2.25. The van der Waals surface area contributed by atoms with Crippen molar-refractivity contribution in [2.45, 2.75) is 31.8 Å². The minimum absolute atomic E-state index is 0.486. The summed E-state index contributed by atoms with van der Waals surface area (Å²) in [5.74, 6) is 0. The van der Waals surface area contributed by atoms with Gasteiger partial charge in [0.2, 0.25) is 0 Å². The molecular formula is C14H21NO. The Bertz CT molecular complexity index is 354. The van der Waals surface area contributed by atoms with Gasteiger partial charge in [0.15, 0.2) is 0 Å². The molecule has 1 aliphatic rings. The molecular weight excluding hydrogens is 198 g/mol. The van der Waals surface area contributed by atoms with Crippen LogP contribution in [0.1, 0.15) is 24.0 Å². The molecule has 2 rings (SSSR count). The predicted molar refractivity (Wildman–Crippen MR) is 66.6 cm³/mol. The Labute approximate surface area is 97.9 Å². The quantitative estimate of drug-likeness (QED) is 0.822. The molecule has 1 aromatic rings. The van der Waals surface area contributed by atoms with Crippen molar-refractivity contribution in [3.8, 4) is 0 Å². The van der Waals surface area contributed by atoms with Crippen LogP contribution in [0.3, 0.4) is 0 Å². The Morgan fingerprint density at radius 1 is 1.31 bits per heavy atom. The SMILES string of the molecule is Cc1cccc(CC2(O)CCN(C)CC2)c1. The van der Waals surface area contributed by atoms with Crippen molar-refractivity contribution < 1.29 is 5.11 Å². The number of aliphatic hydroxyl groups is 1. The molecule has 0 spiro atoms. The fraction of sp³-hybridized carbons (Fsp3) is 0.571. The number of rotatable bonds is 2. The van der Waals surface area contributed by atoms with Crippen LogP contribution in [-0.4, -0.2) is 35.7 Å². The van der Waals surface area contributed by atoms with Gasteiger partial charge in [-0.3, -0.25) is 0 Å². The zero-order valence-electron chi connectivity index (χ0n) is 10.2. The molecule has 1 heterocycles. The number of hydrogen-bond donors (Lipinski definition) is 1. The predicted octanol–water partition coefficient (Wildman–Crippen LogP) is 1.99. The summed E-state index contributed by atoms with van der Waals surface area (Å²) in [6, 6.07) is 8.46. The van der Waals surface area contributed by atoms with Crippen LogP contribution in [0.4, 0.5) is 0 Å². The smallest absolute Gasteiger partial charge is 0.0712 e. The Morgan fingerprint density at radius 2 is 2.00 bits per heavy atom. The van der Waals surface area contributed by atoms with E-state index in [0.717, 1.165) is 32.4 Å². The first kappa shape index (κ1) is 11.6. The number of likely N-dealkylation sites (tertiary alicyclic amines) is 1. The second-order valence-electron chi connectivity index (χ2n) is 5.19. The van der Waals surface area contributed by atoms with Gasteiger partial charge in [0.25, 0.3) is 0 Å². The lowest BCUT2D eigenvalue weighted by Crippen LogP contribution is -2.44. The molecule has 0 atom stereocenters. The van der Waals surface area contributed by atoms with Crippen LogP contribution in [0.15, 0.2) is 24.3 Å². The topological polar surface area (TPSA) is 23.5 Å². The summed E-state index contributed by atoms with van der Waals surface area (Å²) in [7, 11) is 2.12. The maximum absolute atomic E-state index is 10.5. The van der Waals surface area contributed by atoms with Crippen LogP contribution in [0.2, 0.25) is 0 Å². The van der Waals surface area contributed by atoms with E-state index in [2.05, 4.69) is 43.1 Å². The van der Waals surface area contributed by atoms with Crippen LogP contribution in [0, 0.1) is 6.92 Å². The molecule has 88 valence electrons. The largest absolute Gasteiger partial charge is 0.389 e. The van der Waals surface area contributed by atoms with E-state index >= 15 is 0 Å². The van der Waals surface area contributed by atoms with Gasteiger partial charge in [-0.2, -0.15) is 0 Å². The summed E-state index contributed by atoms with van der Waals surface area (Å²) in [5.41, 5.74) is 2.04. The van der Waals surface area contributed by atoms with E-state index in [0.29, 0.717) is 0 Å². The molecule has 0 saturated carbocycles. The van der Waals surface area contributed by atoms with Crippen molar-refractivity contribution in [2.24, 2.45) is 0 Å². The number of nitrogens with zero attached hydrogens (tertiary/aromatic N) is 1. The van der Waals surface area contributed by atoms with Gasteiger partial charge in [-0.15, -0.1) is 0 Å². The average Bonchev–Trinajstić information content (AvgIpc) is 2.23. The van der Waals surface area contributed by atoms with Crippen LogP contribution in [0.25, 0.3) is 0 Å². The van der Waals surface area contributed by atoms with E-state index in [9.17, 15) is 5.11 Å². The molecule has 1 fully saturated rings. The molecule has 1 aliphatic heterocycles. The van der Waals surface area contributed by atoms with Crippen molar-refractivity contribution in [3.05, 3.63) is 35.4 Å². The van der Waals surface area contributed by atoms with Crippen molar-refractivity contribution >= 4 is 0 Å². The first-order valence-electron chi connectivity index (χ1n) is 6.04. The van der Waals surface area contributed by atoms with Crippen molar-refractivity contribution in [1.82, 2.24) is 4.90 Å². The van der Waals surface area contributed by atoms with Crippen molar-refractivity contribution in [3.63, 3.8) is 0 Å². The molecule has 0 aromatic heterocycles. The second kappa shape index (κ2) is 4.56. The van der Waals surface area contributed by atoms with E-state index in [1.54, 1.807) is 0 Å². The lowest BCUT2D eigenvalue weighted by atomic mass is 9.85. The fourth-order valence-corrected chi connectivity index (χ4v) is 2.41. The summed E-state index contributed by atoms with van der Waals surface area (Å²) >= 11 is 0. The molecule has 2 heteroatoms. The van der Waals surface area contributed by atoms with E-state index in [-0.39, 0.29) is 0 Å². The Morgan fingerprint density at radius 3 is 2.62 bits per heavy atom. The van der Waals surface area contributed by atoms with Gasteiger partial charge in [0.05, 0.1) is 5.60 Å². The maximum Gasteiger partial charge on any atom is 0.0712 e. The monoisotopic (exact) mass is 219 g/mol. The van der Waals surface area contributed by atoms with Gasteiger partial charge in [-0.05, 0) is 32.4 Å². The van der Waals surface area contributed by atoms with E-state index < -0.39 is 5.60 Å². The highest BCUT2D eigenvalue weighted by Gasteiger charge is 2.31. The summed E-state index contributed by atoms with van der Waals surface area (Å²) < 4.78 is 0. The average molecular weight is 219 g/mol. The zero-order valence-corrected chi connectivity index (χ0v) is 10.2. The summed E-state index contributed by atoms with van der Waals surface area (Å²) in [6.45, 7) is 4.10. The maximum atomic E-state index is 10.5. The lowest BCUT2D eigenvalue weighted by Gasteiger charge is -2.36.